The molecule has 1 aliphatic rings. The molecule has 6 nitrogen and oxygen atoms in total. The monoisotopic (exact) mass is 468 g/mol. The number of anilines is 1. The van der Waals surface area contributed by atoms with Crippen molar-refractivity contribution in [1.82, 2.24) is 4.98 Å². The first-order valence-electron chi connectivity index (χ1n) is 11.9. The Kier molecular flexibility index (Phi) is 5.81. The number of carbonyl (C=O) groups is 1. The van der Waals surface area contributed by atoms with Gasteiger partial charge < -0.3 is 19.8 Å². The third-order valence-electron chi connectivity index (χ3n) is 6.60. The minimum atomic E-state index is -0.284. The summed E-state index contributed by atoms with van der Waals surface area (Å²) in [5, 5.41) is 20.9. The minimum absolute atomic E-state index is 0.0193. The van der Waals surface area contributed by atoms with Crippen molar-refractivity contribution in [3.05, 3.63) is 77.4 Å². The quantitative estimate of drug-likeness (QED) is 0.384. The van der Waals surface area contributed by atoms with Gasteiger partial charge in [-0.25, -0.2) is 4.98 Å². The van der Waals surface area contributed by atoms with Crippen LogP contribution in [0.2, 0.25) is 0 Å². The molecule has 0 saturated carbocycles. The van der Waals surface area contributed by atoms with Gasteiger partial charge in [0.1, 0.15) is 17.2 Å². The number of pyridine rings is 1. The molecular formula is C29H28N2O4. The second-order valence-corrected chi connectivity index (χ2v) is 9.05. The van der Waals surface area contributed by atoms with Gasteiger partial charge in [0.2, 0.25) is 0 Å². The van der Waals surface area contributed by atoms with Crippen LogP contribution in [0.3, 0.4) is 0 Å². The number of benzene rings is 3. The maximum Gasteiger partial charge on any atom is 0.262 e. The number of carbonyl (C=O) groups excluding carboxylic acids is 1. The van der Waals surface area contributed by atoms with E-state index >= 15 is 0 Å². The Morgan fingerprint density at radius 3 is 2.69 bits per heavy atom. The number of aromatic hydroxyl groups is 2. The van der Waals surface area contributed by atoms with Gasteiger partial charge in [-0.2, -0.15) is 0 Å². The number of nitrogens with zero attached hydrogens (tertiary/aromatic N) is 2. The maximum atomic E-state index is 13.4. The van der Waals surface area contributed by atoms with Crippen LogP contribution in [0.4, 0.5) is 5.69 Å². The Morgan fingerprint density at radius 1 is 1.09 bits per heavy atom. The fraction of sp³-hybridized carbons (Fsp3) is 0.241. The number of rotatable bonds is 4. The lowest BCUT2D eigenvalue weighted by molar-refractivity contribution is 0.0972. The van der Waals surface area contributed by atoms with Crippen LogP contribution in [0.25, 0.3) is 22.2 Å². The van der Waals surface area contributed by atoms with Crippen LogP contribution in [0.1, 0.15) is 41.8 Å². The largest absolute Gasteiger partial charge is 0.508 e. The lowest BCUT2D eigenvalue weighted by Gasteiger charge is -2.35. The third-order valence-corrected chi connectivity index (χ3v) is 6.60. The van der Waals surface area contributed by atoms with Gasteiger partial charge >= 0.3 is 0 Å². The number of aromatic nitrogens is 1. The number of hydrogen-bond donors (Lipinski definition) is 2. The van der Waals surface area contributed by atoms with E-state index in [1.807, 2.05) is 44.2 Å². The highest BCUT2D eigenvalue weighted by atomic mass is 16.5. The lowest BCUT2D eigenvalue weighted by Crippen LogP contribution is -2.42. The van der Waals surface area contributed by atoms with Crippen molar-refractivity contribution in [1.29, 1.82) is 0 Å². The molecule has 1 amide bonds. The van der Waals surface area contributed by atoms with Gasteiger partial charge in [-0.15, -0.1) is 0 Å². The van der Waals surface area contributed by atoms with E-state index in [0.29, 0.717) is 6.61 Å². The van der Waals surface area contributed by atoms with Gasteiger partial charge in [-0.05, 0) is 93.3 Å². The van der Waals surface area contributed by atoms with Gasteiger partial charge in [0, 0.05) is 28.7 Å². The molecule has 2 N–H and O–H groups in total. The fourth-order valence-corrected chi connectivity index (χ4v) is 4.85. The summed E-state index contributed by atoms with van der Waals surface area (Å²) in [5.74, 6) is 0.243. The molecule has 5 rings (SSSR count). The Balaban J connectivity index is 1.53. The highest BCUT2D eigenvalue weighted by Gasteiger charge is 2.30. The molecule has 0 bridgehead atoms. The van der Waals surface area contributed by atoms with E-state index in [0.717, 1.165) is 57.6 Å². The Bertz CT molecular complexity index is 1450. The van der Waals surface area contributed by atoms with Crippen molar-refractivity contribution in [2.24, 2.45) is 0 Å². The number of phenolic OH excluding ortho intramolecular Hbond substituents is 2. The minimum Gasteiger partial charge on any atom is -0.508 e. The molecule has 0 fully saturated rings. The van der Waals surface area contributed by atoms with E-state index in [-0.39, 0.29) is 29.0 Å². The van der Waals surface area contributed by atoms with Gasteiger partial charge in [0.05, 0.1) is 23.4 Å². The highest BCUT2D eigenvalue weighted by molar-refractivity contribution is 6.09. The summed E-state index contributed by atoms with van der Waals surface area (Å²) in [6.45, 7) is 6.66. The van der Waals surface area contributed by atoms with Crippen molar-refractivity contribution in [2.45, 2.75) is 39.7 Å². The number of ether oxygens (including phenoxy) is 1. The molecule has 0 unspecified atom stereocenters. The van der Waals surface area contributed by atoms with E-state index in [9.17, 15) is 15.0 Å². The summed E-state index contributed by atoms with van der Waals surface area (Å²) in [6.07, 6.45) is 1.66. The topological polar surface area (TPSA) is 82.9 Å². The zero-order chi connectivity index (χ0) is 24.7. The number of hydrogen-bond acceptors (Lipinski definition) is 5. The molecule has 4 aromatic rings. The molecule has 0 radical (unpaired) electrons. The molecule has 35 heavy (non-hydrogen) atoms. The van der Waals surface area contributed by atoms with E-state index in [2.05, 4.69) is 19.1 Å². The maximum absolute atomic E-state index is 13.4. The first kappa shape index (κ1) is 22.7. The number of phenols is 2. The van der Waals surface area contributed by atoms with Crippen molar-refractivity contribution >= 4 is 22.5 Å². The van der Waals surface area contributed by atoms with Crippen molar-refractivity contribution in [3.8, 4) is 28.5 Å². The highest BCUT2D eigenvalue weighted by Crippen LogP contribution is 2.37. The van der Waals surface area contributed by atoms with Crippen molar-refractivity contribution in [2.75, 3.05) is 11.5 Å². The summed E-state index contributed by atoms with van der Waals surface area (Å²) in [6, 6.07) is 18.2. The lowest BCUT2D eigenvalue weighted by atomic mass is 9.92. The van der Waals surface area contributed by atoms with Crippen molar-refractivity contribution < 1.29 is 19.7 Å². The first-order chi connectivity index (χ1) is 16.9. The summed E-state index contributed by atoms with van der Waals surface area (Å²) in [7, 11) is 0. The molecule has 0 saturated heterocycles. The van der Waals surface area contributed by atoms with Crippen LogP contribution in [-0.4, -0.2) is 33.8 Å². The average Bonchev–Trinajstić information content (AvgIpc) is 2.83. The predicted octanol–water partition coefficient (Wildman–Crippen LogP) is 6.00. The van der Waals surface area contributed by atoms with E-state index in [4.69, 9.17) is 9.72 Å². The van der Waals surface area contributed by atoms with Gasteiger partial charge in [0.25, 0.3) is 5.91 Å². The molecule has 3 aromatic carbocycles. The molecule has 1 aliphatic heterocycles. The SMILES string of the molecule is CCOc1ccc2nc(-c3ccc4c(c3)CC[C@H](C)N4C(=O)c3ccc(O)cc3O)c(C)cc2c1. The average molecular weight is 469 g/mol. The molecule has 1 aromatic heterocycles. The molecule has 6 heteroatoms. The second kappa shape index (κ2) is 8.95. The summed E-state index contributed by atoms with van der Waals surface area (Å²) in [4.78, 5) is 20.1. The standard InChI is InChI=1S/C29H28N2O4/c1-4-35-23-9-11-25-21(15-23)13-17(2)28(30-25)20-7-12-26-19(14-20)6-5-18(3)31(26)29(34)24-10-8-22(32)16-27(24)33/h7-16,18,32-33H,4-6H2,1-3H3/t18-/m0/s1. The van der Waals surface area contributed by atoms with Crippen LogP contribution >= 0.6 is 0 Å². The molecule has 0 aliphatic carbocycles. The van der Waals surface area contributed by atoms with Gasteiger partial charge in [0.15, 0.2) is 0 Å². The predicted molar refractivity (Wildman–Crippen MR) is 137 cm³/mol. The summed E-state index contributed by atoms with van der Waals surface area (Å²) < 4.78 is 5.63. The Labute approximate surface area is 204 Å². The molecular weight excluding hydrogens is 440 g/mol. The van der Waals surface area contributed by atoms with Crippen LogP contribution in [0, 0.1) is 6.92 Å². The second-order valence-electron chi connectivity index (χ2n) is 9.05. The van der Waals surface area contributed by atoms with Crippen molar-refractivity contribution in [3.63, 3.8) is 0 Å². The molecule has 2 heterocycles. The normalized spacial score (nSPS) is 15.2. The zero-order valence-corrected chi connectivity index (χ0v) is 20.1. The summed E-state index contributed by atoms with van der Waals surface area (Å²) >= 11 is 0. The Hall–Kier alpha value is -4.06. The van der Waals surface area contributed by atoms with Crippen LogP contribution in [0.15, 0.2) is 60.7 Å². The Morgan fingerprint density at radius 2 is 1.91 bits per heavy atom. The smallest absolute Gasteiger partial charge is 0.262 e. The van der Waals surface area contributed by atoms with Gasteiger partial charge in [-0.3, -0.25) is 4.79 Å². The molecule has 178 valence electrons. The zero-order valence-electron chi connectivity index (χ0n) is 20.1. The number of aryl methyl sites for hydroxylation is 2. The van der Waals surface area contributed by atoms with E-state index < -0.39 is 0 Å². The molecule has 1 atom stereocenters. The van der Waals surface area contributed by atoms with Crippen LogP contribution < -0.4 is 9.64 Å². The van der Waals surface area contributed by atoms with Crippen LogP contribution in [0.5, 0.6) is 17.2 Å². The summed E-state index contributed by atoms with van der Waals surface area (Å²) in [5.41, 5.74) is 5.97. The number of fused-ring (bicyclic) bond motifs is 2. The van der Waals surface area contributed by atoms with E-state index in [1.54, 1.807) is 4.90 Å². The molecule has 0 spiro atoms. The van der Waals surface area contributed by atoms with Crippen LogP contribution in [-0.2, 0) is 6.42 Å². The fourth-order valence-electron chi connectivity index (χ4n) is 4.85. The number of amides is 1. The van der Waals surface area contributed by atoms with Gasteiger partial charge in [-0.1, -0.05) is 6.07 Å². The first-order valence-corrected chi connectivity index (χ1v) is 11.9. The van der Waals surface area contributed by atoms with E-state index in [1.165, 1.54) is 18.2 Å². The third kappa shape index (κ3) is 4.16.